The zero-order valence-corrected chi connectivity index (χ0v) is 15.9. The van der Waals surface area contributed by atoms with Crippen molar-refractivity contribution in [3.63, 3.8) is 0 Å². The van der Waals surface area contributed by atoms with E-state index in [-0.39, 0.29) is 5.91 Å². The predicted octanol–water partition coefficient (Wildman–Crippen LogP) is 4.70. The van der Waals surface area contributed by atoms with Crippen LogP contribution in [-0.4, -0.2) is 29.3 Å². The molecule has 1 aromatic heterocycles. The molecule has 0 N–H and O–H groups in total. The van der Waals surface area contributed by atoms with Gasteiger partial charge in [0.15, 0.2) is 11.4 Å². The highest BCUT2D eigenvalue weighted by Crippen LogP contribution is 2.26. The molecule has 0 saturated carbocycles. The summed E-state index contributed by atoms with van der Waals surface area (Å²) in [4.78, 5) is 15.0. The Kier molecular flexibility index (Phi) is 4.81. The minimum absolute atomic E-state index is 0.190. The lowest BCUT2D eigenvalue weighted by atomic mass is 10.1. The Bertz CT molecular complexity index is 1120. The molecule has 0 radical (unpaired) electrons. The predicted molar refractivity (Wildman–Crippen MR) is 111 cm³/mol. The van der Waals surface area contributed by atoms with Gasteiger partial charge in [0.1, 0.15) is 0 Å². The zero-order valence-electron chi connectivity index (χ0n) is 15.9. The second-order valence-electron chi connectivity index (χ2n) is 6.41. The van der Waals surface area contributed by atoms with Crippen molar-refractivity contribution >= 4 is 22.4 Å². The molecule has 0 saturated heterocycles. The van der Waals surface area contributed by atoms with Crippen molar-refractivity contribution in [3.8, 4) is 11.4 Å². The first kappa shape index (κ1) is 17.8. The number of nitrogens with zero attached hydrogens (tertiary/aromatic N) is 3. The van der Waals surface area contributed by atoms with Crippen molar-refractivity contribution in [1.82, 2.24) is 9.78 Å². The molecular formula is C23H21N3O2. The van der Waals surface area contributed by atoms with Crippen LogP contribution in [0.2, 0.25) is 0 Å². The summed E-state index contributed by atoms with van der Waals surface area (Å²) in [5.74, 6) is 0.261. The van der Waals surface area contributed by atoms with Crippen LogP contribution in [-0.2, 0) is 0 Å². The first-order chi connectivity index (χ1) is 13.7. The van der Waals surface area contributed by atoms with E-state index in [1.807, 2.05) is 73.7 Å². The summed E-state index contributed by atoms with van der Waals surface area (Å²) in [7, 11) is 1.55. The Morgan fingerprint density at radius 2 is 1.71 bits per heavy atom. The third-order valence-corrected chi connectivity index (χ3v) is 4.73. The van der Waals surface area contributed by atoms with Crippen LogP contribution in [0.1, 0.15) is 17.4 Å². The average Bonchev–Trinajstić information content (AvgIpc) is 3.19. The van der Waals surface area contributed by atoms with E-state index in [2.05, 4.69) is 11.2 Å². The quantitative estimate of drug-likeness (QED) is 0.511. The summed E-state index contributed by atoms with van der Waals surface area (Å²) < 4.78 is 7.11. The number of rotatable bonds is 5. The highest BCUT2D eigenvalue weighted by atomic mass is 16.5. The Balaban J connectivity index is 1.73. The fourth-order valence-electron chi connectivity index (χ4n) is 3.28. The maximum atomic E-state index is 13.3. The van der Waals surface area contributed by atoms with Gasteiger partial charge < -0.3 is 9.64 Å². The van der Waals surface area contributed by atoms with E-state index in [4.69, 9.17) is 4.74 Å². The largest absolute Gasteiger partial charge is 0.493 e. The Labute approximate surface area is 163 Å². The summed E-state index contributed by atoms with van der Waals surface area (Å²) in [5.41, 5.74) is 2.00. The molecule has 0 fully saturated rings. The van der Waals surface area contributed by atoms with Crippen LogP contribution in [0.4, 0.5) is 5.69 Å². The number of anilines is 1. The molecule has 4 aromatic rings. The molecule has 4 rings (SSSR count). The molecule has 0 aliphatic carbocycles. The molecule has 0 atom stereocenters. The van der Waals surface area contributed by atoms with Gasteiger partial charge in [0, 0.05) is 12.2 Å². The molecule has 5 nitrogen and oxygen atoms in total. The number of carbonyl (C=O) groups is 1. The summed E-state index contributed by atoms with van der Waals surface area (Å²) in [6.45, 7) is 2.48. The van der Waals surface area contributed by atoms with E-state index in [1.54, 1.807) is 22.9 Å². The van der Waals surface area contributed by atoms with Crippen LogP contribution in [0, 0.1) is 0 Å². The minimum atomic E-state index is -0.190. The fraction of sp³-hybridized carbons (Fsp3) is 0.130. The van der Waals surface area contributed by atoms with Gasteiger partial charge in [-0.05, 0) is 42.0 Å². The molecule has 140 valence electrons. The van der Waals surface area contributed by atoms with E-state index in [0.29, 0.717) is 18.0 Å². The number of hydrogen-bond acceptors (Lipinski definition) is 3. The van der Waals surface area contributed by atoms with E-state index >= 15 is 0 Å². The smallest absolute Gasteiger partial charge is 0.282 e. The van der Waals surface area contributed by atoms with Crippen molar-refractivity contribution in [2.45, 2.75) is 6.92 Å². The molecule has 0 aliphatic rings. The fourth-order valence-corrected chi connectivity index (χ4v) is 3.28. The second-order valence-corrected chi connectivity index (χ2v) is 6.41. The minimum Gasteiger partial charge on any atom is -0.493 e. The van der Waals surface area contributed by atoms with E-state index in [1.165, 1.54) is 0 Å². The first-order valence-electron chi connectivity index (χ1n) is 9.21. The van der Waals surface area contributed by atoms with Crippen molar-refractivity contribution in [2.75, 3.05) is 18.6 Å². The summed E-state index contributed by atoms with van der Waals surface area (Å²) >= 11 is 0. The third-order valence-electron chi connectivity index (χ3n) is 4.73. The van der Waals surface area contributed by atoms with Gasteiger partial charge in [0.25, 0.3) is 5.91 Å². The molecule has 0 bridgehead atoms. The van der Waals surface area contributed by atoms with E-state index < -0.39 is 0 Å². The molecule has 0 aliphatic heterocycles. The number of para-hydroxylation sites is 1. The van der Waals surface area contributed by atoms with E-state index in [0.717, 1.165) is 22.1 Å². The number of fused-ring (bicyclic) bond motifs is 1. The number of hydrogen-bond donors (Lipinski definition) is 0. The number of benzene rings is 3. The number of ether oxygens (including phenoxy) is 1. The van der Waals surface area contributed by atoms with Crippen LogP contribution in [0.25, 0.3) is 16.5 Å². The number of aromatic nitrogens is 2. The molecule has 0 unspecified atom stereocenters. The van der Waals surface area contributed by atoms with Crippen LogP contribution in [0.15, 0.2) is 79.0 Å². The van der Waals surface area contributed by atoms with Crippen LogP contribution in [0.5, 0.6) is 5.75 Å². The lowest BCUT2D eigenvalue weighted by Crippen LogP contribution is -2.31. The van der Waals surface area contributed by atoms with Gasteiger partial charge in [-0.1, -0.05) is 48.5 Å². The number of amides is 1. The first-order valence-corrected chi connectivity index (χ1v) is 9.21. The third kappa shape index (κ3) is 3.22. The summed E-state index contributed by atoms with van der Waals surface area (Å²) in [6.07, 6.45) is 1.73. The normalized spacial score (nSPS) is 10.8. The molecule has 0 spiro atoms. The summed E-state index contributed by atoms with van der Waals surface area (Å²) in [5, 5.41) is 6.74. The topological polar surface area (TPSA) is 47.4 Å². The van der Waals surface area contributed by atoms with Crippen molar-refractivity contribution < 1.29 is 9.53 Å². The maximum absolute atomic E-state index is 13.3. The van der Waals surface area contributed by atoms with Gasteiger partial charge in [-0.3, -0.25) is 4.79 Å². The molecule has 1 amide bonds. The molecule has 5 heteroatoms. The molecular weight excluding hydrogens is 350 g/mol. The van der Waals surface area contributed by atoms with Crippen molar-refractivity contribution in [2.24, 2.45) is 0 Å². The molecule has 28 heavy (non-hydrogen) atoms. The van der Waals surface area contributed by atoms with Gasteiger partial charge in [-0.25, -0.2) is 4.68 Å². The van der Waals surface area contributed by atoms with Crippen molar-refractivity contribution in [1.29, 1.82) is 0 Å². The Morgan fingerprint density at radius 3 is 2.43 bits per heavy atom. The van der Waals surface area contributed by atoms with E-state index in [9.17, 15) is 4.79 Å². The SMILES string of the molecule is CCN(C(=O)c1nn(-c2ccccc2)cc1OC)c1ccc2ccccc2c1. The van der Waals surface area contributed by atoms with Gasteiger partial charge >= 0.3 is 0 Å². The van der Waals surface area contributed by atoms with Crippen LogP contribution < -0.4 is 9.64 Å². The highest BCUT2D eigenvalue weighted by molar-refractivity contribution is 6.07. The monoisotopic (exact) mass is 371 g/mol. The second kappa shape index (κ2) is 7.56. The lowest BCUT2D eigenvalue weighted by molar-refractivity contribution is 0.0980. The Morgan fingerprint density at radius 1 is 1.00 bits per heavy atom. The maximum Gasteiger partial charge on any atom is 0.282 e. The highest BCUT2D eigenvalue weighted by Gasteiger charge is 2.24. The number of methoxy groups -OCH3 is 1. The lowest BCUT2D eigenvalue weighted by Gasteiger charge is -2.21. The van der Waals surface area contributed by atoms with Gasteiger partial charge in [-0.2, -0.15) is 5.10 Å². The standard InChI is InChI=1S/C23H21N3O2/c1-3-25(20-14-13-17-9-7-8-10-18(17)15-20)23(27)22-21(28-2)16-26(24-22)19-11-5-4-6-12-19/h4-16H,3H2,1-2H3. The average molecular weight is 371 g/mol. The van der Waals surface area contributed by atoms with Gasteiger partial charge in [-0.15, -0.1) is 0 Å². The van der Waals surface area contributed by atoms with Crippen molar-refractivity contribution in [3.05, 3.63) is 84.7 Å². The zero-order chi connectivity index (χ0) is 19.5. The van der Waals surface area contributed by atoms with Gasteiger partial charge in [0.05, 0.1) is 19.0 Å². The molecule has 3 aromatic carbocycles. The van der Waals surface area contributed by atoms with Crippen LogP contribution in [0.3, 0.4) is 0 Å². The van der Waals surface area contributed by atoms with Crippen LogP contribution >= 0.6 is 0 Å². The Hall–Kier alpha value is -3.60. The summed E-state index contributed by atoms with van der Waals surface area (Å²) in [6, 6.07) is 23.8. The van der Waals surface area contributed by atoms with Gasteiger partial charge in [0.2, 0.25) is 0 Å². The number of carbonyl (C=O) groups excluding carboxylic acids is 1. The molecule has 1 heterocycles.